The van der Waals surface area contributed by atoms with Crippen LogP contribution < -0.4 is 11.2 Å². The van der Waals surface area contributed by atoms with E-state index >= 15 is 0 Å². The van der Waals surface area contributed by atoms with Crippen LogP contribution in [0.5, 0.6) is 0 Å². The van der Waals surface area contributed by atoms with Crippen LogP contribution in [0.1, 0.15) is 64.6 Å². The standard InChI is InChI=1S/C18H26N4O2.C2H4/c1-4-11-22-13-12(14(23)21(3)16(22)24)19-15(20-13)18-8-5-17(2,6-9-18)7-10-18;1-2/h4-11H2,1-3H3,(H,19,20);1-2H2. The van der Waals surface area contributed by atoms with Crippen molar-refractivity contribution < 1.29 is 0 Å². The maximum Gasteiger partial charge on any atom is 0.332 e. The molecule has 2 aromatic rings. The van der Waals surface area contributed by atoms with Gasteiger partial charge in [-0.1, -0.05) is 13.8 Å². The number of aromatic amines is 1. The minimum atomic E-state index is -0.273. The van der Waals surface area contributed by atoms with Crippen LogP contribution in [0.3, 0.4) is 0 Å². The van der Waals surface area contributed by atoms with Gasteiger partial charge >= 0.3 is 5.69 Å². The number of nitrogens with zero attached hydrogens (tertiary/aromatic N) is 3. The highest BCUT2D eigenvalue weighted by atomic mass is 16.2. The van der Waals surface area contributed by atoms with Gasteiger partial charge in [0.15, 0.2) is 5.65 Å². The van der Waals surface area contributed by atoms with E-state index < -0.39 is 0 Å². The molecule has 0 aromatic carbocycles. The summed E-state index contributed by atoms with van der Waals surface area (Å²) in [6, 6.07) is 0. The molecule has 26 heavy (non-hydrogen) atoms. The lowest BCUT2D eigenvalue weighted by atomic mass is 9.54. The van der Waals surface area contributed by atoms with E-state index in [1.54, 1.807) is 11.6 Å². The van der Waals surface area contributed by atoms with E-state index in [0.717, 1.165) is 31.5 Å². The Bertz CT molecular complexity index is 909. The van der Waals surface area contributed by atoms with Gasteiger partial charge in [0, 0.05) is 19.0 Å². The predicted molar refractivity (Wildman–Crippen MR) is 105 cm³/mol. The third kappa shape index (κ3) is 2.66. The summed E-state index contributed by atoms with van der Waals surface area (Å²) in [5, 5.41) is 0. The van der Waals surface area contributed by atoms with Crippen LogP contribution in [0, 0.1) is 5.41 Å². The van der Waals surface area contributed by atoms with Crippen LogP contribution in [0.4, 0.5) is 0 Å². The van der Waals surface area contributed by atoms with Crippen LogP contribution in [0.15, 0.2) is 22.7 Å². The molecule has 0 unspecified atom stereocenters. The maximum absolute atomic E-state index is 12.5. The molecule has 1 N–H and O–H groups in total. The third-order valence-electron chi connectivity index (χ3n) is 6.55. The van der Waals surface area contributed by atoms with Crippen LogP contribution >= 0.6 is 0 Å². The molecule has 3 saturated carbocycles. The number of nitrogens with one attached hydrogen (secondary N) is 1. The zero-order valence-corrected chi connectivity index (χ0v) is 16.2. The van der Waals surface area contributed by atoms with Gasteiger partial charge in [0.2, 0.25) is 0 Å². The summed E-state index contributed by atoms with van der Waals surface area (Å²) in [5.41, 5.74) is 1.03. The number of imidazole rings is 1. The minimum absolute atomic E-state index is 0.0644. The Hall–Kier alpha value is -2.11. The highest BCUT2D eigenvalue weighted by Crippen LogP contribution is 2.56. The Morgan fingerprint density at radius 2 is 1.69 bits per heavy atom. The summed E-state index contributed by atoms with van der Waals surface area (Å²) in [6.45, 7) is 11.0. The lowest BCUT2D eigenvalue weighted by molar-refractivity contribution is 0.0513. The molecular weight excluding hydrogens is 328 g/mol. The van der Waals surface area contributed by atoms with Gasteiger partial charge in [-0.25, -0.2) is 9.78 Å². The molecule has 0 atom stereocenters. The van der Waals surface area contributed by atoms with Crippen molar-refractivity contribution in [2.24, 2.45) is 12.5 Å². The lowest BCUT2D eigenvalue weighted by Gasteiger charge is -2.51. The molecule has 0 amide bonds. The molecule has 2 bridgehead atoms. The molecule has 142 valence electrons. The second-order valence-electron chi connectivity index (χ2n) is 8.17. The highest BCUT2D eigenvalue weighted by Gasteiger charge is 2.48. The first-order valence-corrected chi connectivity index (χ1v) is 9.59. The molecule has 0 spiro atoms. The average Bonchev–Trinajstić information content (AvgIpc) is 3.12. The monoisotopic (exact) mass is 358 g/mol. The number of hydrogen-bond acceptors (Lipinski definition) is 3. The van der Waals surface area contributed by atoms with E-state index in [4.69, 9.17) is 4.98 Å². The zero-order valence-electron chi connectivity index (χ0n) is 16.2. The van der Waals surface area contributed by atoms with E-state index in [-0.39, 0.29) is 16.7 Å². The predicted octanol–water partition coefficient (Wildman–Crippen LogP) is 3.25. The van der Waals surface area contributed by atoms with Gasteiger partial charge in [-0.2, -0.15) is 0 Å². The number of rotatable bonds is 3. The summed E-state index contributed by atoms with van der Waals surface area (Å²) in [5.74, 6) is 0.923. The number of aryl methyl sites for hydroxylation is 1. The summed E-state index contributed by atoms with van der Waals surface area (Å²) in [4.78, 5) is 33.1. The minimum Gasteiger partial charge on any atom is -0.336 e. The Morgan fingerprint density at radius 1 is 1.12 bits per heavy atom. The van der Waals surface area contributed by atoms with Crippen molar-refractivity contribution >= 4 is 11.2 Å². The first-order chi connectivity index (χ1) is 12.4. The van der Waals surface area contributed by atoms with Gasteiger partial charge in [0.25, 0.3) is 5.56 Å². The lowest BCUT2D eigenvalue weighted by Crippen LogP contribution is -2.43. The average molecular weight is 358 g/mol. The van der Waals surface area contributed by atoms with Crippen LogP contribution in [0.25, 0.3) is 11.2 Å². The summed E-state index contributed by atoms with van der Waals surface area (Å²) in [6.07, 6.45) is 7.89. The van der Waals surface area contributed by atoms with Crippen molar-refractivity contribution in [3.8, 4) is 0 Å². The molecule has 0 radical (unpaired) electrons. The van der Waals surface area contributed by atoms with Crippen molar-refractivity contribution in [3.05, 3.63) is 39.8 Å². The van der Waals surface area contributed by atoms with E-state index in [0.29, 0.717) is 23.1 Å². The molecule has 3 aliphatic rings. The maximum atomic E-state index is 12.5. The highest BCUT2D eigenvalue weighted by molar-refractivity contribution is 5.70. The van der Waals surface area contributed by atoms with E-state index in [1.165, 1.54) is 23.8 Å². The van der Waals surface area contributed by atoms with Crippen molar-refractivity contribution in [2.75, 3.05) is 0 Å². The van der Waals surface area contributed by atoms with E-state index in [1.807, 2.05) is 6.92 Å². The Kier molecular flexibility index (Phi) is 4.71. The van der Waals surface area contributed by atoms with Gasteiger partial charge in [0.05, 0.1) is 0 Å². The molecule has 2 aromatic heterocycles. The Labute approximate surface area is 154 Å². The number of hydrogen-bond donors (Lipinski definition) is 1. The quantitative estimate of drug-likeness (QED) is 0.856. The van der Waals surface area contributed by atoms with E-state index in [2.05, 4.69) is 25.1 Å². The van der Waals surface area contributed by atoms with Gasteiger partial charge in [-0.3, -0.25) is 13.9 Å². The fraction of sp³-hybridized carbons (Fsp3) is 0.650. The SMILES string of the molecule is C=C.CCCn1c(=O)n(C)c(=O)c2[nH]c(C34CCC(C)(CC3)CC4)nc21. The summed E-state index contributed by atoms with van der Waals surface area (Å²) >= 11 is 0. The van der Waals surface area contributed by atoms with Crippen LogP contribution in [0.2, 0.25) is 0 Å². The first-order valence-electron chi connectivity index (χ1n) is 9.59. The topological polar surface area (TPSA) is 72.7 Å². The first kappa shape index (κ1) is 18.7. The third-order valence-corrected chi connectivity index (χ3v) is 6.55. The molecule has 0 aliphatic heterocycles. The smallest absolute Gasteiger partial charge is 0.332 e. The van der Waals surface area contributed by atoms with Gasteiger partial charge < -0.3 is 4.98 Å². The van der Waals surface area contributed by atoms with Gasteiger partial charge in [-0.05, 0) is 50.4 Å². The Morgan fingerprint density at radius 3 is 2.23 bits per heavy atom. The van der Waals surface area contributed by atoms with Crippen molar-refractivity contribution in [3.63, 3.8) is 0 Å². The molecule has 3 aliphatic carbocycles. The van der Waals surface area contributed by atoms with Crippen molar-refractivity contribution in [1.82, 2.24) is 19.1 Å². The second kappa shape index (κ2) is 6.56. The Balaban J connectivity index is 0.000000948. The normalized spacial score (nSPS) is 27.3. The molecule has 6 nitrogen and oxygen atoms in total. The van der Waals surface area contributed by atoms with Gasteiger partial charge in [0.1, 0.15) is 11.3 Å². The molecule has 2 heterocycles. The molecule has 5 rings (SSSR count). The zero-order chi connectivity index (χ0) is 19.1. The summed E-state index contributed by atoms with van der Waals surface area (Å²) < 4.78 is 2.83. The molecule has 3 fully saturated rings. The number of aromatic nitrogens is 4. The molecule has 0 saturated heterocycles. The molecular formula is C20H30N4O2. The number of H-pyrrole nitrogens is 1. The van der Waals surface area contributed by atoms with E-state index in [9.17, 15) is 9.59 Å². The van der Waals surface area contributed by atoms with Crippen LogP contribution in [-0.4, -0.2) is 19.1 Å². The largest absolute Gasteiger partial charge is 0.336 e. The fourth-order valence-corrected chi connectivity index (χ4v) is 4.64. The van der Waals surface area contributed by atoms with Crippen LogP contribution in [-0.2, 0) is 19.0 Å². The van der Waals surface area contributed by atoms with Crippen molar-refractivity contribution in [2.45, 2.75) is 70.8 Å². The fourth-order valence-electron chi connectivity index (χ4n) is 4.64. The summed E-state index contributed by atoms with van der Waals surface area (Å²) in [7, 11) is 1.54. The molecule has 6 heteroatoms. The second-order valence-corrected chi connectivity index (χ2v) is 8.17. The van der Waals surface area contributed by atoms with Crippen molar-refractivity contribution in [1.29, 1.82) is 0 Å². The number of fused-ring (bicyclic) bond motifs is 4. The van der Waals surface area contributed by atoms with Gasteiger partial charge in [-0.15, -0.1) is 13.2 Å².